The van der Waals surface area contributed by atoms with Crippen LogP contribution in [0.5, 0.6) is 0 Å². The molecule has 0 aromatic heterocycles. The molecule has 82 valence electrons. The van der Waals surface area contributed by atoms with E-state index in [0.29, 0.717) is 5.31 Å². The normalized spacial score (nSPS) is 11.4. The Bertz CT molecular complexity index is 404. The molecule has 3 nitrogen and oxygen atoms in total. The van der Waals surface area contributed by atoms with Gasteiger partial charge in [0.1, 0.15) is 0 Å². The smallest absolute Gasteiger partial charge is 0.309 e. The highest BCUT2D eigenvalue weighted by atomic mass is 31.2. The van der Waals surface area contributed by atoms with Gasteiger partial charge in [-0.05, 0) is 18.1 Å². The Hall–Kier alpha value is -0.890. The maximum Gasteiger partial charge on any atom is 0.360 e. The molecule has 0 heterocycles. The third kappa shape index (κ3) is 2.37. The van der Waals surface area contributed by atoms with E-state index in [4.69, 9.17) is 9.05 Å². The van der Waals surface area contributed by atoms with Gasteiger partial charge in [-0.2, -0.15) is 0 Å². The van der Waals surface area contributed by atoms with Crippen LogP contribution in [0.25, 0.3) is 5.31 Å². The van der Waals surface area contributed by atoms with E-state index in [-0.39, 0.29) is 0 Å². The molecular weight excluding hydrogens is 211 g/mol. The molecule has 0 spiro atoms. The summed E-state index contributed by atoms with van der Waals surface area (Å²) in [5, 5.41) is 0.394. The van der Waals surface area contributed by atoms with Gasteiger partial charge in [0.25, 0.3) is 0 Å². The zero-order valence-electron chi connectivity index (χ0n) is 9.19. The summed E-state index contributed by atoms with van der Waals surface area (Å²) in [7, 11) is -0.506. The maximum absolute atomic E-state index is 12.1. The van der Waals surface area contributed by atoms with Crippen LogP contribution in [0.15, 0.2) is 30.8 Å². The summed E-state index contributed by atoms with van der Waals surface area (Å²) >= 11 is 0. The fourth-order valence-corrected chi connectivity index (χ4v) is 2.47. The van der Waals surface area contributed by atoms with Gasteiger partial charge in [-0.25, -0.2) is 0 Å². The first-order chi connectivity index (χ1) is 7.05. The van der Waals surface area contributed by atoms with E-state index >= 15 is 0 Å². The van der Waals surface area contributed by atoms with Gasteiger partial charge in [-0.1, -0.05) is 30.8 Å². The van der Waals surface area contributed by atoms with Gasteiger partial charge in [0.05, 0.1) is 5.31 Å². The Balaban J connectivity index is 3.15. The van der Waals surface area contributed by atoms with Crippen LogP contribution in [0.2, 0.25) is 0 Å². The molecule has 0 radical (unpaired) electrons. The topological polar surface area (TPSA) is 35.5 Å². The molecular formula is C11H15O3P. The fourth-order valence-electron chi connectivity index (χ4n) is 1.34. The summed E-state index contributed by atoms with van der Waals surface area (Å²) in [5.74, 6) is 0. The molecule has 0 fully saturated rings. The first-order valence-corrected chi connectivity index (χ1v) is 6.06. The maximum atomic E-state index is 12.1. The Kier molecular flexibility index (Phi) is 3.86. The Morgan fingerprint density at radius 3 is 2.27 bits per heavy atom. The van der Waals surface area contributed by atoms with Crippen LogP contribution in [0.4, 0.5) is 0 Å². The predicted molar refractivity (Wildman–Crippen MR) is 61.8 cm³/mol. The third-order valence-corrected chi connectivity index (χ3v) is 4.13. The molecule has 1 aromatic carbocycles. The lowest BCUT2D eigenvalue weighted by atomic mass is 10.1. The first kappa shape index (κ1) is 12.2. The molecule has 1 rings (SSSR count). The van der Waals surface area contributed by atoms with Crippen LogP contribution >= 0.6 is 7.60 Å². The van der Waals surface area contributed by atoms with E-state index in [1.165, 1.54) is 14.2 Å². The van der Waals surface area contributed by atoms with Gasteiger partial charge in [-0.15, -0.1) is 0 Å². The van der Waals surface area contributed by atoms with Crippen molar-refractivity contribution in [1.29, 1.82) is 0 Å². The SMILES string of the molecule is C=C(c1ccccc1C)P(=O)(OC)OC. The predicted octanol–water partition coefficient (Wildman–Crippen LogP) is 3.45. The Labute approximate surface area is 90.3 Å². The van der Waals surface area contributed by atoms with E-state index in [2.05, 4.69) is 6.58 Å². The largest absolute Gasteiger partial charge is 0.360 e. The quantitative estimate of drug-likeness (QED) is 0.737. The second-order valence-corrected chi connectivity index (χ2v) is 5.39. The number of aryl methyl sites for hydroxylation is 1. The van der Waals surface area contributed by atoms with Crippen molar-refractivity contribution < 1.29 is 13.6 Å². The van der Waals surface area contributed by atoms with Crippen LogP contribution in [-0.2, 0) is 13.6 Å². The van der Waals surface area contributed by atoms with Crippen molar-refractivity contribution in [3.05, 3.63) is 42.0 Å². The number of benzene rings is 1. The van der Waals surface area contributed by atoms with Crippen LogP contribution < -0.4 is 0 Å². The minimum atomic E-state index is -3.22. The summed E-state index contributed by atoms with van der Waals surface area (Å²) in [6.45, 7) is 5.71. The standard InChI is InChI=1S/C11H15O3P/c1-9-7-5-6-8-11(9)10(2)15(12,13-3)14-4/h5-8H,2H2,1,3-4H3. The molecule has 0 aliphatic heterocycles. The van der Waals surface area contributed by atoms with Crippen LogP contribution in [-0.4, -0.2) is 14.2 Å². The van der Waals surface area contributed by atoms with Crippen LogP contribution in [0, 0.1) is 6.92 Å². The lowest BCUT2D eigenvalue weighted by molar-refractivity contribution is 0.288. The number of hydrogen-bond donors (Lipinski definition) is 0. The van der Waals surface area contributed by atoms with E-state index in [1.807, 2.05) is 31.2 Å². The van der Waals surface area contributed by atoms with Crippen molar-refractivity contribution in [3.8, 4) is 0 Å². The van der Waals surface area contributed by atoms with Gasteiger partial charge in [0, 0.05) is 14.2 Å². The zero-order chi connectivity index (χ0) is 11.5. The molecule has 0 amide bonds. The van der Waals surface area contributed by atoms with Crippen molar-refractivity contribution >= 4 is 12.9 Å². The van der Waals surface area contributed by atoms with Gasteiger partial charge >= 0.3 is 7.60 Å². The van der Waals surface area contributed by atoms with E-state index in [0.717, 1.165) is 11.1 Å². The van der Waals surface area contributed by atoms with Gasteiger partial charge in [0.15, 0.2) is 0 Å². The lowest BCUT2D eigenvalue weighted by Crippen LogP contribution is -1.93. The minimum Gasteiger partial charge on any atom is -0.309 e. The van der Waals surface area contributed by atoms with E-state index < -0.39 is 7.60 Å². The van der Waals surface area contributed by atoms with Gasteiger partial charge < -0.3 is 9.05 Å². The number of hydrogen-bond acceptors (Lipinski definition) is 3. The van der Waals surface area contributed by atoms with Gasteiger partial charge in [-0.3, -0.25) is 4.57 Å². The summed E-state index contributed by atoms with van der Waals surface area (Å²) in [6, 6.07) is 7.55. The van der Waals surface area contributed by atoms with Crippen LogP contribution in [0.1, 0.15) is 11.1 Å². The third-order valence-electron chi connectivity index (χ3n) is 2.27. The molecule has 0 atom stereocenters. The monoisotopic (exact) mass is 226 g/mol. The molecule has 0 saturated carbocycles. The first-order valence-electron chi connectivity index (χ1n) is 4.52. The highest BCUT2D eigenvalue weighted by Gasteiger charge is 2.27. The molecule has 0 aliphatic rings. The second-order valence-electron chi connectivity index (χ2n) is 3.12. The average molecular weight is 226 g/mol. The highest BCUT2D eigenvalue weighted by Crippen LogP contribution is 2.58. The molecule has 1 aromatic rings. The minimum absolute atomic E-state index is 0.394. The number of rotatable bonds is 4. The second kappa shape index (κ2) is 4.75. The zero-order valence-corrected chi connectivity index (χ0v) is 10.1. The summed E-state index contributed by atoms with van der Waals surface area (Å²) in [5.41, 5.74) is 1.81. The average Bonchev–Trinajstić information content (AvgIpc) is 2.28. The molecule has 0 bridgehead atoms. The lowest BCUT2D eigenvalue weighted by Gasteiger charge is -2.17. The van der Waals surface area contributed by atoms with E-state index in [1.54, 1.807) is 0 Å². The molecule has 0 aliphatic carbocycles. The van der Waals surface area contributed by atoms with E-state index in [9.17, 15) is 4.57 Å². The van der Waals surface area contributed by atoms with Gasteiger partial charge in [0.2, 0.25) is 0 Å². The van der Waals surface area contributed by atoms with Crippen molar-refractivity contribution in [2.45, 2.75) is 6.92 Å². The van der Waals surface area contributed by atoms with Crippen molar-refractivity contribution in [2.75, 3.05) is 14.2 Å². The summed E-state index contributed by atoms with van der Waals surface area (Å²) in [6.07, 6.45) is 0. The molecule has 4 heteroatoms. The summed E-state index contributed by atoms with van der Waals surface area (Å²) < 4.78 is 21.8. The van der Waals surface area contributed by atoms with Crippen LogP contribution in [0.3, 0.4) is 0 Å². The highest BCUT2D eigenvalue weighted by molar-refractivity contribution is 7.65. The van der Waals surface area contributed by atoms with Crippen molar-refractivity contribution in [2.24, 2.45) is 0 Å². The Morgan fingerprint density at radius 1 is 1.27 bits per heavy atom. The fraction of sp³-hybridized carbons (Fsp3) is 0.273. The Morgan fingerprint density at radius 2 is 1.80 bits per heavy atom. The molecule has 0 unspecified atom stereocenters. The van der Waals surface area contributed by atoms with Crippen molar-refractivity contribution in [3.63, 3.8) is 0 Å². The molecule has 0 saturated heterocycles. The summed E-state index contributed by atoms with van der Waals surface area (Å²) in [4.78, 5) is 0. The molecule has 0 N–H and O–H groups in total. The molecule has 15 heavy (non-hydrogen) atoms. The van der Waals surface area contributed by atoms with Crippen molar-refractivity contribution in [1.82, 2.24) is 0 Å².